The first-order chi connectivity index (χ1) is 14.1. The van der Waals surface area contributed by atoms with Crippen molar-refractivity contribution >= 4 is 34.6 Å². The number of hydrogen-bond acceptors (Lipinski definition) is 8. The first kappa shape index (κ1) is 19.1. The number of imidazole rings is 1. The smallest absolute Gasteiger partial charge is 0.338 e. The summed E-state index contributed by atoms with van der Waals surface area (Å²) in [5, 5.41) is 6.67. The Morgan fingerprint density at radius 3 is 2.90 bits per heavy atom. The summed E-state index contributed by atoms with van der Waals surface area (Å²) >= 11 is 0. The second kappa shape index (κ2) is 8.44. The molecule has 2 heterocycles. The second-order valence-corrected chi connectivity index (χ2v) is 7.18. The van der Waals surface area contributed by atoms with Crippen molar-refractivity contribution in [3.05, 3.63) is 36.2 Å². The van der Waals surface area contributed by atoms with E-state index < -0.39 is 0 Å². The highest BCUT2D eigenvalue weighted by atomic mass is 16.5. The van der Waals surface area contributed by atoms with Gasteiger partial charge in [-0.05, 0) is 50.8 Å². The molecular weight excluding hydrogens is 370 g/mol. The van der Waals surface area contributed by atoms with Crippen LogP contribution in [0.1, 0.15) is 43.0 Å². The minimum absolute atomic E-state index is 0.285. The summed E-state index contributed by atoms with van der Waals surface area (Å²) in [5.74, 6) is 0.736. The SMILES string of the molecule is CCOC(=O)c1cccc(Nc2nc(N[C@H]3CC[C@H](N)CC3)nc3[nH]cnc23)c1. The molecule has 3 aromatic rings. The van der Waals surface area contributed by atoms with Crippen molar-refractivity contribution in [1.82, 2.24) is 19.9 Å². The van der Waals surface area contributed by atoms with Gasteiger partial charge in [-0.2, -0.15) is 9.97 Å². The highest BCUT2D eigenvalue weighted by molar-refractivity contribution is 5.91. The predicted octanol–water partition coefficient (Wildman–Crippen LogP) is 2.96. The van der Waals surface area contributed by atoms with E-state index in [9.17, 15) is 4.79 Å². The highest BCUT2D eigenvalue weighted by Crippen LogP contribution is 2.25. The summed E-state index contributed by atoms with van der Waals surface area (Å²) < 4.78 is 5.07. The minimum Gasteiger partial charge on any atom is -0.462 e. The Morgan fingerprint density at radius 1 is 1.28 bits per heavy atom. The van der Waals surface area contributed by atoms with Crippen LogP contribution >= 0.6 is 0 Å². The van der Waals surface area contributed by atoms with Crippen molar-refractivity contribution in [2.75, 3.05) is 17.2 Å². The lowest BCUT2D eigenvalue weighted by Gasteiger charge is -2.26. The zero-order valence-electron chi connectivity index (χ0n) is 16.3. The van der Waals surface area contributed by atoms with Crippen LogP contribution in [0.5, 0.6) is 0 Å². The number of hydrogen-bond donors (Lipinski definition) is 4. The number of nitrogens with one attached hydrogen (secondary N) is 3. The lowest BCUT2D eigenvalue weighted by molar-refractivity contribution is 0.0526. The summed E-state index contributed by atoms with van der Waals surface area (Å²) in [4.78, 5) is 28.5. The summed E-state index contributed by atoms with van der Waals surface area (Å²) in [7, 11) is 0. The van der Waals surface area contributed by atoms with E-state index in [4.69, 9.17) is 10.5 Å². The maximum atomic E-state index is 12.0. The van der Waals surface area contributed by atoms with Gasteiger partial charge in [0.05, 0.1) is 18.5 Å². The maximum absolute atomic E-state index is 12.0. The number of nitrogens with two attached hydrogens (primary N) is 1. The number of carbonyl (C=O) groups excluding carboxylic acids is 1. The molecule has 5 N–H and O–H groups in total. The lowest BCUT2D eigenvalue weighted by Crippen LogP contribution is -2.33. The largest absolute Gasteiger partial charge is 0.462 e. The number of fused-ring (bicyclic) bond motifs is 1. The van der Waals surface area contributed by atoms with Gasteiger partial charge in [0.15, 0.2) is 17.0 Å². The number of anilines is 3. The molecule has 152 valence electrons. The number of benzene rings is 1. The van der Waals surface area contributed by atoms with Gasteiger partial charge in [0.2, 0.25) is 5.95 Å². The molecule has 29 heavy (non-hydrogen) atoms. The van der Waals surface area contributed by atoms with Gasteiger partial charge < -0.3 is 26.1 Å². The number of ether oxygens (including phenoxy) is 1. The molecule has 1 aliphatic carbocycles. The summed E-state index contributed by atoms with van der Waals surface area (Å²) in [5.41, 5.74) is 8.45. The average Bonchev–Trinajstić information content (AvgIpc) is 3.19. The zero-order valence-corrected chi connectivity index (χ0v) is 16.3. The monoisotopic (exact) mass is 395 g/mol. The van der Waals surface area contributed by atoms with Gasteiger partial charge in [0.1, 0.15) is 0 Å². The number of esters is 1. The molecule has 0 radical (unpaired) electrons. The van der Waals surface area contributed by atoms with Gasteiger partial charge >= 0.3 is 5.97 Å². The number of aromatic amines is 1. The van der Waals surface area contributed by atoms with E-state index in [1.165, 1.54) is 0 Å². The van der Waals surface area contributed by atoms with Crippen LogP contribution in [0.3, 0.4) is 0 Å². The molecule has 0 unspecified atom stereocenters. The average molecular weight is 395 g/mol. The fourth-order valence-electron chi connectivity index (χ4n) is 3.51. The van der Waals surface area contributed by atoms with Crippen molar-refractivity contribution in [2.24, 2.45) is 5.73 Å². The van der Waals surface area contributed by atoms with Crippen molar-refractivity contribution in [2.45, 2.75) is 44.7 Å². The molecule has 4 rings (SSSR count). The first-order valence-corrected chi connectivity index (χ1v) is 9.90. The van der Waals surface area contributed by atoms with Crippen molar-refractivity contribution in [1.29, 1.82) is 0 Å². The van der Waals surface area contributed by atoms with Crippen LogP contribution in [0.2, 0.25) is 0 Å². The second-order valence-electron chi connectivity index (χ2n) is 7.18. The Labute approximate surface area is 168 Å². The molecule has 1 aromatic carbocycles. The van der Waals surface area contributed by atoms with Gasteiger partial charge in [0, 0.05) is 17.8 Å². The Balaban J connectivity index is 1.58. The molecule has 9 nitrogen and oxygen atoms in total. The molecule has 1 aliphatic rings. The highest BCUT2D eigenvalue weighted by Gasteiger charge is 2.20. The number of H-pyrrole nitrogens is 1. The molecular formula is C20H25N7O2. The quantitative estimate of drug-likeness (QED) is 0.469. The van der Waals surface area contributed by atoms with Gasteiger partial charge in [-0.15, -0.1) is 0 Å². The first-order valence-electron chi connectivity index (χ1n) is 9.90. The molecule has 0 amide bonds. The Hall–Kier alpha value is -3.20. The fraction of sp³-hybridized carbons (Fsp3) is 0.400. The summed E-state index contributed by atoms with van der Waals surface area (Å²) in [6, 6.07) is 7.69. The van der Waals surface area contributed by atoms with E-state index in [0.29, 0.717) is 46.8 Å². The van der Waals surface area contributed by atoms with Crippen LogP contribution in [0.25, 0.3) is 11.2 Å². The third-order valence-electron chi connectivity index (χ3n) is 5.02. The molecule has 0 atom stereocenters. The fourth-order valence-corrected chi connectivity index (χ4v) is 3.51. The molecule has 1 fully saturated rings. The zero-order chi connectivity index (χ0) is 20.2. The van der Waals surface area contributed by atoms with E-state index in [1.54, 1.807) is 31.5 Å². The lowest BCUT2D eigenvalue weighted by atomic mass is 9.92. The molecule has 9 heteroatoms. The summed E-state index contributed by atoms with van der Waals surface area (Å²) in [6.07, 6.45) is 5.57. The van der Waals surface area contributed by atoms with Crippen LogP contribution in [0.4, 0.5) is 17.5 Å². The van der Waals surface area contributed by atoms with Crippen LogP contribution in [-0.2, 0) is 4.74 Å². The topological polar surface area (TPSA) is 131 Å². The molecule has 0 saturated heterocycles. The molecule has 1 saturated carbocycles. The van der Waals surface area contributed by atoms with Gasteiger partial charge in [-0.3, -0.25) is 0 Å². The predicted molar refractivity (Wildman–Crippen MR) is 111 cm³/mol. The van der Waals surface area contributed by atoms with Gasteiger partial charge in [-0.1, -0.05) is 6.07 Å². The minimum atomic E-state index is -0.360. The van der Waals surface area contributed by atoms with E-state index in [2.05, 4.69) is 30.6 Å². The van der Waals surface area contributed by atoms with E-state index in [-0.39, 0.29) is 12.0 Å². The Morgan fingerprint density at radius 2 is 2.10 bits per heavy atom. The van der Waals surface area contributed by atoms with Crippen LogP contribution < -0.4 is 16.4 Å². The number of rotatable bonds is 6. The molecule has 0 spiro atoms. The molecule has 0 bridgehead atoms. The van der Waals surface area contributed by atoms with Crippen LogP contribution in [-0.4, -0.2) is 44.6 Å². The van der Waals surface area contributed by atoms with Gasteiger partial charge in [0.25, 0.3) is 0 Å². The standard InChI is InChI=1S/C20H25N7O2/c1-2-29-19(28)12-4-3-5-15(10-12)24-18-16-17(23-11-22-16)26-20(27-18)25-14-8-6-13(21)7-9-14/h3-5,10-11,13-14H,2,6-9,21H2,1H3,(H3,22,23,24,25,26,27)/t13-,14-. The maximum Gasteiger partial charge on any atom is 0.338 e. The Bertz CT molecular complexity index is 995. The third-order valence-corrected chi connectivity index (χ3v) is 5.02. The summed E-state index contributed by atoms with van der Waals surface area (Å²) in [6.45, 7) is 2.11. The normalized spacial score (nSPS) is 19.1. The van der Waals surface area contributed by atoms with Crippen LogP contribution in [0, 0.1) is 0 Å². The third kappa shape index (κ3) is 4.45. The Kier molecular flexibility index (Phi) is 5.57. The molecule has 0 aliphatic heterocycles. The van der Waals surface area contributed by atoms with E-state index in [0.717, 1.165) is 25.7 Å². The molecule has 2 aromatic heterocycles. The van der Waals surface area contributed by atoms with E-state index >= 15 is 0 Å². The number of aromatic nitrogens is 4. The van der Waals surface area contributed by atoms with Gasteiger partial charge in [-0.25, -0.2) is 9.78 Å². The number of nitrogens with zero attached hydrogens (tertiary/aromatic N) is 3. The van der Waals surface area contributed by atoms with Crippen molar-refractivity contribution in [3.8, 4) is 0 Å². The van der Waals surface area contributed by atoms with Crippen molar-refractivity contribution < 1.29 is 9.53 Å². The van der Waals surface area contributed by atoms with Crippen LogP contribution in [0.15, 0.2) is 30.6 Å². The number of carbonyl (C=O) groups is 1. The van der Waals surface area contributed by atoms with Crippen molar-refractivity contribution in [3.63, 3.8) is 0 Å². The van der Waals surface area contributed by atoms with E-state index in [1.807, 2.05) is 6.07 Å².